The maximum absolute atomic E-state index is 13.8. The van der Waals surface area contributed by atoms with Gasteiger partial charge in [0.15, 0.2) is 0 Å². The van der Waals surface area contributed by atoms with Gasteiger partial charge in [-0.2, -0.15) is 0 Å². The van der Waals surface area contributed by atoms with Crippen molar-refractivity contribution in [3.8, 4) is 5.75 Å². The van der Waals surface area contributed by atoms with Gasteiger partial charge in [0.25, 0.3) is 5.91 Å². The summed E-state index contributed by atoms with van der Waals surface area (Å²) in [5.41, 5.74) is 0.629. The van der Waals surface area contributed by atoms with Gasteiger partial charge in [-0.1, -0.05) is 11.6 Å². The summed E-state index contributed by atoms with van der Waals surface area (Å²) < 4.78 is 19.0. The average molecular weight is 337 g/mol. The summed E-state index contributed by atoms with van der Waals surface area (Å²) in [7, 11) is 1.44. The van der Waals surface area contributed by atoms with Crippen LogP contribution in [0, 0.1) is 5.82 Å². The molecule has 0 fully saturated rings. The highest BCUT2D eigenvalue weighted by Crippen LogP contribution is 2.28. The van der Waals surface area contributed by atoms with Gasteiger partial charge in [-0.25, -0.2) is 4.39 Å². The van der Waals surface area contributed by atoms with Gasteiger partial charge in [0, 0.05) is 17.6 Å². The van der Waals surface area contributed by atoms with Gasteiger partial charge in [0.05, 0.1) is 18.4 Å². The highest BCUT2D eigenvalue weighted by molar-refractivity contribution is 6.30. The largest absolute Gasteiger partial charge is 0.495 e. The van der Waals surface area contributed by atoms with Crippen LogP contribution in [0.2, 0.25) is 5.02 Å². The molecular formula is C16H14ClFN2O3. The number of hydrogen-bond donors (Lipinski definition) is 2. The summed E-state index contributed by atoms with van der Waals surface area (Å²) in [6, 6.07) is 8.49. The Morgan fingerprint density at radius 1 is 1.13 bits per heavy atom. The lowest BCUT2D eigenvalue weighted by atomic mass is 10.2. The first-order valence-electron chi connectivity index (χ1n) is 6.62. The van der Waals surface area contributed by atoms with E-state index in [1.165, 1.54) is 32.2 Å². The molecule has 0 aliphatic rings. The van der Waals surface area contributed by atoms with Gasteiger partial charge in [-0.05, 0) is 36.4 Å². The first-order valence-corrected chi connectivity index (χ1v) is 7.00. The van der Waals surface area contributed by atoms with E-state index in [9.17, 15) is 14.0 Å². The zero-order chi connectivity index (χ0) is 17.0. The van der Waals surface area contributed by atoms with Crippen molar-refractivity contribution < 1.29 is 18.7 Å². The summed E-state index contributed by atoms with van der Waals surface area (Å²) in [5.74, 6) is -1.26. The van der Waals surface area contributed by atoms with Crippen LogP contribution in [0.1, 0.15) is 17.3 Å². The molecule has 2 aromatic rings. The zero-order valence-electron chi connectivity index (χ0n) is 12.4. The summed E-state index contributed by atoms with van der Waals surface area (Å²) in [5, 5.41) is 5.34. The second-order valence-electron chi connectivity index (χ2n) is 4.67. The van der Waals surface area contributed by atoms with Crippen LogP contribution in [0.5, 0.6) is 5.75 Å². The Balaban J connectivity index is 2.30. The Morgan fingerprint density at radius 3 is 2.48 bits per heavy atom. The molecule has 0 aromatic heterocycles. The van der Waals surface area contributed by atoms with E-state index in [1.54, 1.807) is 12.1 Å². The molecule has 2 N–H and O–H groups in total. The third-order valence-corrected chi connectivity index (χ3v) is 3.18. The number of hydrogen-bond acceptors (Lipinski definition) is 3. The normalized spacial score (nSPS) is 10.1. The van der Waals surface area contributed by atoms with Gasteiger partial charge < -0.3 is 15.4 Å². The molecule has 0 aliphatic carbocycles. The van der Waals surface area contributed by atoms with Crippen LogP contribution < -0.4 is 15.4 Å². The molecule has 23 heavy (non-hydrogen) atoms. The number of carbonyl (C=O) groups excluding carboxylic acids is 2. The first-order chi connectivity index (χ1) is 10.9. The number of nitrogens with one attached hydrogen (secondary N) is 2. The fourth-order valence-electron chi connectivity index (χ4n) is 1.95. The lowest BCUT2D eigenvalue weighted by Crippen LogP contribution is -2.15. The third-order valence-electron chi connectivity index (χ3n) is 2.94. The molecule has 120 valence electrons. The molecule has 0 spiro atoms. The summed E-state index contributed by atoms with van der Waals surface area (Å²) in [6.07, 6.45) is 0. The van der Waals surface area contributed by atoms with Crippen LogP contribution in [0.4, 0.5) is 15.8 Å². The average Bonchev–Trinajstić information content (AvgIpc) is 2.46. The van der Waals surface area contributed by atoms with Crippen molar-refractivity contribution in [1.82, 2.24) is 0 Å². The first kappa shape index (κ1) is 16.8. The van der Waals surface area contributed by atoms with E-state index in [1.807, 2.05) is 0 Å². The van der Waals surface area contributed by atoms with Crippen molar-refractivity contribution in [3.05, 3.63) is 52.8 Å². The van der Waals surface area contributed by atoms with Gasteiger partial charge in [0.1, 0.15) is 11.6 Å². The molecule has 0 saturated carbocycles. The quantitative estimate of drug-likeness (QED) is 0.894. The summed E-state index contributed by atoms with van der Waals surface area (Å²) in [4.78, 5) is 23.3. The number of amides is 2. The Hall–Kier alpha value is -2.60. The van der Waals surface area contributed by atoms with E-state index < -0.39 is 11.7 Å². The highest BCUT2D eigenvalue weighted by Gasteiger charge is 2.15. The molecule has 0 heterocycles. The molecule has 0 saturated heterocycles. The number of carbonyl (C=O) groups is 2. The van der Waals surface area contributed by atoms with Crippen LogP contribution in [0.15, 0.2) is 36.4 Å². The smallest absolute Gasteiger partial charge is 0.258 e. The minimum Gasteiger partial charge on any atom is -0.495 e. The van der Waals surface area contributed by atoms with Crippen LogP contribution in [0.3, 0.4) is 0 Å². The predicted octanol–water partition coefficient (Wildman–Crippen LogP) is 3.70. The molecule has 2 rings (SSSR count). The number of rotatable bonds is 4. The van der Waals surface area contributed by atoms with Crippen LogP contribution in [-0.2, 0) is 4.79 Å². The van der Waals surface area contributed by atoms with E-state index in [4.69, 9.17) is 16.3 Å². The fraction of sp³-hybridized carbons (Fsp3) is 0.125. The van der Waals surface area contributed by atoms with Crippen molar-refractivity contribution in [2.24, 2.45) is 0 Å². The highest BCUT2D eigenvalue weighted by atomic mass is 35.5. The Bertz CT molecular complexity index is 765. The Labute approximate surface area is 137 Å². The van der Waals surface area contributed by atoms with Crippen molar-refractivity contribution in [3.63, 3.8) is 0 Å². The van der Waals surface area contributed by atoms with Gasteiger partial charge in [-0.3, -0.25) is 9.59 Å². The number of methoxy groups -OCH3 is 1. The molecule has 7 heteroatoms. The second kappa shape index (κ2) is 7.11. The minimum atomic E-state index is -0.730. The SMILES string of the molecule is COc1ccc(NC(C)=O)cc1NC(=O)c1ccc(Cl)cc1F. The minimum absolute atomic E-state index is 0.151. The van der Waals surface area contributed by atoms with Crippen molar-refractivity contribution >= 4 is 34.8 Å². The molecule has 2 aromatic carbocycles. The molecule has 0 unspecified atom stereocenters. The van der Waals surface area contributed by atoms with E-state index in [2.05, 4.69) is 10.6 Å². The maximum atomic E-state index is 13.8. The fourth-order valence-corrected chi connectivity index (χ4v) is 2.11. The van der Waals surface area contributed by atoms with Crippen LogP contribution in [0.25, 0.3) is 0 Å². The third kappa shape index (κ3) is 4.20. The standard InChI is InChI=1S/C16H14ClFN2O3/c1-9(21)19-11-4-6-15(23-2)14(8-11)20-16(22)12-5-3-10(17)7-13(12)18/h3-8H,1-2H3,(H,19,21)(H,20,22). The van der Waals surface area contributed by atoms with Crippen LogP contribution in [-0.4, -0.2) is 18.9 Å². The lowest BCUT2D eigenvalue weighted by Gasteiger charge is -2.12. The lowest BCUT2D eigenvalue weighted by molar-refractivity contribution is -0.114. The number of halogens is 2. The molecule has 2 amide bonds. The Morgan fingerprint density at radius 2 is 1.87 bits per heavy atom. The molecule has 0 aliphatic heterocycles. The van der Waals surface area contributed by atoms with Crippen molar-refractivity contribution in [2.45, 2.75) is 6.92 Å². The van der Waals surface area contributed by atoms with Gasteiger partial charge in [-0.15, -0.1) is 0 Å². The van der Waals surface area contributed by atoms with Crippen molar-refractivity contribution in [2.75, 3.05) is 17.7 Å². The van der Waals surface area contributed by atoms with E-state index in [0.717, 1.165) is 6.07 Å². The molecule has 0 atom stereocenters. The maximum Gasteiger partial charge on any atom is 0.258 e. The summed E-state index contributed by atoms with van der Waals surface area (Å²) in [6.45, 7) is 1.37. The number of anilines is 2. The van der Waals surface area contributed by atoms with E-state index in [0.29, 0.717) is 17.1 Å². The monoisotopic (exact) mass is 336 g/mol. The number of ether oxygens (including phenoxy) is 1. The second-order valence-corrected chi connectivity index (χ2v) is 5.11. The molecule has 5 nitrogen and oxygen atoms in total. The van der Waals surface area contributed by atoms with E-state index >= 15 is 0 Å². The molecule has 0 radical (unpaired) electrons. The van der Waals surface area contributed by atoms with Gasteiger partial charge in [0.2, 0.25) is 5.91 Å². The number of benzene rings is 2. The predicted molar refractivity (Wildman–Crippen MR) is 86.7 cm³/mol. The zero-order valence-corrected chi connectivity index (χ0v) is 13.2. The van der Waals surface area contributed by atoms with Crippen LogP contribution >= 0.6 is 11.6 Å². The van der Waals surface area contributed by atoms with E-state index in [-0.39, 0.29) is 16.5 Å². The Kier molecular flexibility index (Phi) is 5.18. The molecular weight excluding hydrogens is 323 g/mol. The van der Waals surface area contributed by atoms with Gasteiger partial charge >= 0.3 is 0 Å². The van der Waals surface area contributed by atoms with Crippen molar-refractivity contribution in [1.29, 1.82) is 0 Å². The summed E-state index contributed by atoms with van der Waals surface area (Å²) >= 11 is 5.67. The topological polar surface area (TPSA) is 67.4 Å². The molecule has 0 bridgehead atoms.